The highest BCUT2D eigenvalue weighted by Crippen LogP contribution is 2.30. The highest BCUT2D eigenvalue weighted by molar-refractivity contribution is 5.85. The van der Waals surface area contributed by atoms with Crippen molar-refractivity contribution < 1.29 is 8.78 Å². The summed E-state index contributed by atoms with van der Waals surface area (Å²) in [5.74, 6) is -0.245. The third kappa shape index (κ3) is 5.79. The molecule has 1 aliphatic rings. The van der Waals surface area contributed by atoms with E-state index in [1.807, 2.05) is 24.3 Å². The summed E-state index contributed by atoms with van der Waals surface area (Å²) in [5, 5.41) is 0. The molecule has 0 N–H and O–H groups in total. The first-order chi connectivity index (χ1) is 11.7. The Morgan fingerprint density at radius 2 is 1.24 bits per heavy atom. The summed E-state index contributed by atoms with van der Waals surface area (Å²) in [4.78, 5) is 2.54. The van der Waals surface area contributed by atoms with Crippen LogP contribution in [-0.4, -0.2) is 24.5 Å². The van der Waals surface area contributed by atoms with Gasteiger partial charge >= 0.3 is 0 Å². The van der Waals surface area contributed by atoms with Crippen LogP contribution in [0.3, 0.4) is 0 Å². The normalized spacial score (nSPS) is 15.2. The lowest BCUT2D eigenvalue weighted by molar-refractivity contribution is 0.224. The average Bonchev–Trinajstić information content (AvgIpc) is 2.62. The second kappa shape index (κ2) is 9.88. The maximum absolute atomic E-state index is 13.2. The quantitative estimate of drug-likeness (QED) is 0.626. The van der Waals surface area contributed by atoms with Gasteiger partial charge in [-0.3, -0.25) is 0 Å². The predicted octanol–water partition coefficient (Wildman–Crippen LogP) is 5.78. The Bertz CT molecular complexity index is 576. The van der Waals surface area contributed by atoms with Crippen molar-refractivity contribution in [1.29, 1.82) is 0 Å². The maximum Gasteiger partial charge on any atom is 0.123 e. The molecule has 1 fully saturated rings. The average molecular weight is 366 g/mol. The third-order valence-corrected chi connectivity index (χ3v) is 4.96. The second-order valence-electron chi connectivity index (χ2n) is 6.70. The summed E-state index contributed by atoms with van der Waals surface area (Å²) in [6.45, 7) is 3.52. The van der Waals surface area contributed by atoms with Crippen molar-refractivity contribution >= 4 is 12.4 Å². The topological polar surface area (TPSA) is 3.24 Å². The standard InChI is InChI=1S/C21H25F2N.ClH/c22-19-10-6-17(7-11-19)21(18-8-12-20(23)13-9-18)5-4-16-24-14-2-1-3-15-24;/h6-13,21H,1-5,14-16H2;1H. The molecule has 3 rings (SSSR count). The van der Waals surface area contributed by atoms with Crippen LogP contribution < -0.4 is 0 Å². The number of hydrogen-bond acceptors (Lipinski definition) is 1. The molecule has 1 nitrogen and oxygen atoms in total. The summed E-state index contributed by atoms with van der Waals surface area (Å²) < 4.78 is 26.5. The lowest BCUT2D eigenvalue weighted by Crippen LogP contribution is -2.30. The molecule has 0 saturated carbocycles. The first-order valence-corrected chi connectivity index (χ1v) is 8.95. The van der Waals surface area contributed by atoms with Crippen LogP contribution in [0.4, 0.5) is 8.78 Å². The molecular weight excluding hydrogens is 340 g/mol. The first-order valence-electron chi connectivity index (χ1n) is 8.95. The number of halogens is 3. The van der Waals surface area contributed by atoms with Crippen LogP contribution in [0.5, 0.6) is 0 Å². The van der Waals surface area contributed by atoms with E-state index in [2.05, 4.69) is 4.90 Å². The third-order valence-electron chi connectivity index (χ3n) is 4.96. The van der Waals surface area contributed by atoms with Gasteiger partial charge in [0.15, 0.2) is 0 Å². The Balaban J connectivity index is 0.00000225. The smallest absolute Gasteiger partial charge is 0.123 e. The van der Waals surface area contributed by atoms with Gasteiger partial charge in [-0.15, -0.1) is 12.4 Å². The zero-order chi connectivity index (χ0) is 16.8. The lowest BCUT2D eigenvalue weighted by Gasteiger charge is -2.27. The molecule has 1 heterocycles. The van der Waals surface area contributed by atoms with Crippen LogP contribution in [0.25, 0.3) is 0 Å². The minimum Gasteiger partial charge on any atom is -0.303 e. The zero-order valence-corrected chi connectivity index (χ0v) is 15.3. The summed E-state index contributed by atoms with van der Waals surface area (Å²) in [5.41, 5.74) is 2.20. The van der Waals surface area contributed by atoms with Gasteiger partial charge in [-0.25, -0.2) is 8.78 Å². The highest BCUT2D eigenvalue weighted by Gasteiger charge is 2.16. The van der Waals surface area contributed by atoms with E-state index in [0.29, 0.717) is 0 Å². The van der Waals surface area contributed by atoms with Gasteiger partial charge in [0.25, 0.3) is 0 Å². The van der Waals surface area contributed by atoms with Crippen LogP contribution >= 0.6 is 12.4 Å². The van der Waals surface area contributed by atoms with Crippen molar-refractivity contribution in [3.8, 4) is 0 Å². The molecule has 1 saturated heterocycles. The number of hydrogen-bond donors (Lipinski definition) is 0. The van der Waals surface area contributed by atoms with Crippen molar-refractivity contribution in [1.82, 2.24) is 4.90 Å². The van der Waals surface area contributed by atoms with E-state index in [0.717, 1.165) is 30.5 Å². The summed E-state index contributed by atoms with van der Waals surface area (Å²) >= 11 is 0. The van der Waals surface area contributed by atoms with Crippen LogP contribution in [0.1, 0.15) is 49.1 Å². The Morgan fingerprint density at radius 1 is 0.760 bits per heavy atom. The van der Waals surface area contributed by atoms with Gasteiger partial charge in [-0.2, -0.15) is 0 Å². The van der Waals surface area contributed by atoms with Crippen LogP contribution in [-0.2, 0) is 0 Å². The first kappa shape index (κ1) is 19.9. The maximum atomic E-state index is 13.2. The Hall–Kier alpha value is -1.45. The van der Waals surface area contributed by atoms with Gasteiger partial charge in [-0.05, 0) is 80.7 Å². The van der Waals surface area contributed by atoms with Gasteiger partial charge in [0.1, 0.15) is 11.6 Å². The van der Waals surface area contributed by atoms with Crippen LogP contribution in [0.15, 0.2) is 48.5 Å². The molecule has 0 bridgehead atoms. The zero-order valence-electron chi connectivity index (χ0n) is 14.5. The summed E-state index contributed by atoms with van der Waals surface area (Å²) in [6, 6.07) is 13.4. The number of nitrogens with zero attached hydrogens (tertiary/aromatic N) is 1. The minimum absolute atomic E-state index is 0. The van der Waals surface area contributed by atoms with Gasteiger partial charge in [0.2, 0.25) is 0 Å². The molecule has 0 spiro atoms. The van der Waals surface area contributed by atoms with Crippen molar-refractivity contribution in [2.75, 3.05) is 19.6 Å². The molecule has 0 unspecified atom stereocenters. The molecule has 2 aromatic rings. The molecule has 0 atom stereocenters. The van der Waals surface area contributed by atoms with E-state index in [4.69, 9.17) is 0 Å². The molecule has 136 valence electrons. The number of piperidine rings is 1. The van der Waals surface area contributed by atoms with Crippen molar-refractivity contribution in [2.24, 2.45) is 0 Å². The van der Waals surface area contributed by atoms with Gasteiger partial charge in [-0.1, -0.05) is 30.7 Å². The van der Waals surface area contributed by atoms with Crippen molar-refractivity contribution in [3.63, 3.8) is 0 Å². The van der Waals surface area contributed by atoms with E-state index in [1.54, 1.807) is 0 Å². The van der Waals surface area contributed by atoms with E-state index in [1.165, 1.54) is 56.6 Å². The fourth-order valence-electron chi connectivity index (χ4n) is 3.62. The van der Waals surface area contributed by atoms with Crippen molar-refractivity contribution in [3.05, 3.63) is 71.3 Å². The molecule has 0 radical (unpaired) electrons. The van der Waals surface area contributed by atoms with Gasteiger partial charge in [0.05, 0.1) is 0 Å². The molecule has 2 aromatic carbocycles. The molecular formula is C21H26ClF2N. The molecule has 0 aliphatic carbocycles. The number of benzene rings is 2. The number of rotatable bonds is 6. The molecule has 0 aromatic heterocycles. The molecule has 1 aliphatic heterocycles. The molecule has 4 heteroatoms. The molecule has 25 heavy (non-hydrogen) atoms. The second-order valence-corrected chi connectivity index (χ2v) is 6.70. The Kier molecular flexibility index (Phi) is 7.86. The molecule has 0 amide bonds. The highest BCUT2D eigenvalue weighted by atomic mass is 35.5. The van der Waals surface area contributed by atoms with E-state index >= 15 is 0 Å². The van der Waals surface area contributed by atoms with E-state index in [-0.39, 0.29) is 30.0 Å². The number of likely N-dealkylation sites (tertiary alicyclic amines) is 1. The van der Waals surface area contributed by atoms with Crippen LogP contribution in [0.2, 0.25) is 0 Å². The van der Waals surface area contributed by atoms with E-state index in [9.17, 15) is 8.78 Å². The Labute approximate surface area is 155 Å². The predicted molar refractivity (Wildman–Crippen MR) is 101 cm³/mol. The van der Waals surface area contributed by atoms with E-state index < -0.39 is 0 Å². The van der Waals surface area contributed by atoms with Crippen LogP contribution in [0, 0.1) is 11.6 Å². The van der Waals surface area contributed by atoms with Gasteiger partial charge in [0, 0.05) is 5.92 Å². The minimum atomic E-state index is -0.218. The largest absolute Gasteiger partial charge is 0.303 e. The lowest BCUT2D eigenvalue weighted by atomic mass is 9.87. The SMILES string of the molecule is Cl.Fc1ccc(C(CCCN2CCCCC2)c2ccc(F)cc2)cc1. The monoisotopic (exact) mass is 365 g/mol. The summed E-state index contributed by atoms with van der Waals surface area (Å²) in [6.07, 6.45) is 6.05. The van der Waals surface area contributed by atoms with Crippen molar-refractivity contribution in [2.45, 2.75) is 38.0 Å². The van der Waals surface area contributed by atoms with Gasteiger partial charge < -0.3 is 4.90 Å². The fourth-order valence-corrected chi connectivity index (χ4v) is 3.62. The summed E-state index contributed by atoms with van der Waals surface area (Å²) in [7, 11) is 0. The fraction of sp³-hybridized carbons (Fsp3) is 0.429. The Morgan fingerprint density at radius 3 is 1.72 bits per heavy atom.